The molecule has 0 fully saturated rings. The van der Waals surface area contributed by atoms with Crippen LogP contribution in [0.5, 0.6) is 0 Å². The highest BCUT2D eigenvalue weighted by Crippen LogP contribution is 2.25. The van der Waals surface area contributed by atoms with Crippen molar-refractivity contribution in [1.29, 1.82) is 0 Å². The van der Waals surface area contributed by atoms with E-state index in [0.29, 0.717) is 21.3 Å². The molecule has 0 spiro atoms. The number of urea groups is 1. The predicted molar refractivity (Wildman–Crippen MR) is 106 cm³/mol. The van der Waals surface area contributed by atoms with Crippen molar-refractivity contribution in [2.45, 2.75) is 32.9 Å². The lowest BCUT2D eigenvalue weighted by Gasteiger charge is -2.15. The largest absolute Gasteiger partial charge is 0.346 e. The Balaban J connectivity index is 1.98. The standard InChI is InChI=1S/C19H21Cl2N3O2/c1-11(2)22-19(26)24-15-7-4-13(5-8-15)18(25)23-12(3)14-6-9-16(20)17(21)10-14/h4-12H,1-3H3,(H,23,25)(H2,22,24,26). The number of carbonyl (C=O) groups excluding carboxylic acids is 2. The van der Waals surface area contributed by atoms with Crippen LogP contribution in [-0.4, -0.2) is 18.0 Å². The number of nitrogens with one attached hydrogen (secondary N) is 3. The summed E-state index contributed by atoms with van der Waals surface area (Å²) >= 11 is 11.9. The van der Waals surface area contributed by atoms with E-state index in [0.717, 1.165) is 5.56 Å². The average molecular weight is 394 g/mol. The van der Waals surface area contributed by atoms with Crippen molar-refractivity contribution >= 4 is 40.8 Å². The fourth-order valence-corrected chi connectivity index (χ4v) is 2.59. The number of hydrogen-bond donors (Lipinski definition) is 3. The highest BCUT2D eigenvalue weighted by molar-refractivity contribution is 6.42. The zero-order valence-corrected chi connectivity index (χ0v) is 16.3. The van der Waals surface area contributed by atoms with Gasteiger partial charge in [0.2, 0.25) is 0 Å². The van der Waals surface area contributed by atoms with Gasteiger partial charge in [-0.3, -0.25) is 4.79 Å². The van der Waals surface area contributed by atoms with Gasteiger partial charge in [-0.2, -0.15) is 0 Å². The Bertz CT molecular complexity index is 792. The summed E-state index contributed by atoms with van der Waals surface area (Å²) in [7, 11) is 0. The van der Waals surface area contributed by atoms with E-state index in [1.54, 1.807) is 36.4 Å². The molecule has 0 saturated carbocycles. The maximum absolute atomic E-state index is 12.4. The summed E-state index contributed by atoms with van der Waals surface area (Å²) in [5.41, 5.74) is 1.96. The molecule has 26 heavy (non-hydrogen) atoms. The first-order valence-electron chi connectivity index (χ1n) is 8.19. The Morgan fingerprint density at radius 3 is 2.12 bits per heavy atom. The van der Waals surface area contributed by atoms with Crippen molar-refractivity contribution in [3.63, 3.8) is 0 Å². The van der Waals surface area contributed by atoms with Crippen LogP contribution in [0.1, 0.15) is 42.7 Å². The minimum Gasteiger partial charge on any atom is -0.346 e. The highest BCUT2D eigenvalue weighted by Gasteiger charge is 2.13. The van der Waals surface area contributed by atoms with Gasteiger partial charge in [0.15, 0.2) is 0 Å². The summed E-state index contributed by atoms with van der Waals surface area (Å²) < 4.78 is 0. The Morgan fingerprint density at radius 2 is 1.54 bits per heavy atom. The van der Waals surface area contributed by atoms with E-state index >= 15 is 0 Å². The molecule has 0 aliphatic carbocycles. The lowest BCUT2D eigenvalue weighted by molar-refractivity contribution is 0.0940. The summed E-state index contributed by atoms with van der Waals surface area (Å²) in [6, 6.07) is 11.4. The second-order valence-electron chi connectivity index (χ2n) is 6.20. The minimum atomic E-state index is -0.287. The van der Waals surface area contributed by atoms with Gasteiger partial charge in [0.05, 0.1) is 16.1 Å². The first kappa shape index (κ1) is 20.1. The molecule has 0 bridgehead atoms. The maximum atomic E-state index is 12.4. The van der Waals surface area contributed by atoms with Gasteiger partial charge < -0.3 is 16.0 Å². The molecule has 2 aromatic rings. The molecule has 0 aliphatic rings. The average Bonchev–Trinajstić information content (AvgIpc) is 2.57. The zero-order valence-electron chi connectivity index (χ0n) is 14.8. The molecule has 0 radical (unpaired) electrons. The molecule has 7 heteroatoms. The lowest BCUT2D eigenvalue weighted by atomic mass is 10.1. The van der Waals surface area contributed by atoms with E-state index in [4.69, 9.17) is 23.2 Å². The summed E-state index contributed by atoms with van der Waals surface area (Å²) in [5.74, 6) is -0.221. The zero-order chi connectivity index (χ0) is 19.3. The molecule has 0 saturated heterocycles. The Kier molecular flexibility index (Phi) is 6.89. The minimum absolute atomic E-state index is 0.0444. The fourth-order valence-electron chi connectivity index (χ4n) is 2.28. The number of benzene rings is 2. The van der Waals surface area contributed by atoms with Crippen LogP contribution in [0, 0.1) is 0 Å². The van der Waals surface area contributed by atoms with Gasteiger partial charge in [0.1, 0.15) is 0 Å². The second kappa shape index (κ2) is 8.92. The topological polar surface area (TPSA) is 70.2 Å². The molecule has 2 rings (SSSR count). The summed E-state index contributed by atoms with van der Waals surface area (Å²) in [5, 5.41) is 9.26. The molecule has 5 nitrogen and oxygen atoms in total. The molecule has 1 atom stereocenters. The van der Waals surface area contributed by atoms with Crippen LogP contribution in [0.15, 0.2) is 42.5 Å². The van der Waals surface area contributed by atoms with Crippen molar-refractivity contribution in [2.75, 3.05) is 5.32 Å². The number of anilines is 1. The van der Waals surface area contributed by atoms with Gasteiger partial charge in [0, 0.05) is 17.3 Å². The van der Waals surface area contributed by atoms with E-state index in [2.05, 4.69) is 16.0 Å². The van der Waals surface area contributed by atoms with E-state index in [1.165, 1.54) is 0 Å². The molecule has 138 valence electrons. The maximum Gasteiger partial charge on any atom is 0.319 e. The highest BCUT2D eigenvalue weighted by atomic mass is 35.5. The Hall–Kier alpha value is -2.24. The molecule has 3 amide bonds. The third kappa shape index (κ3) is 5.64. The summed E-state index contributed by atoms with van der Waals surface area (Å²) in [6.07, 6.45) is 0. The Labute approximate surface area is 163 Å². The Morgan fingerprint density at radius 1 is 0.885 bits per heavy atom. The monoisotopic (exact) mass is 393 g/mol. The van der Waals surface area contributed by atoms with Crippen LogP contribution in [-0.2, 0) is 0 Å². The van der Waals surface area contributed by atoms with Gasteiger partial charge in [-0.1, -0.05) is 29.3 Å². The van der Waals surface area contributed by atoms with Crippen molar-refractivity contribution in [2.24, 2.45) is 0 Å². The lowest BCUT2D eigenvalue weighted by Crippen LogP contribution is -2.34. The molecule has 0 aliphatic heterocycles. The molecule has 2 aromatic carbocycles. The normalized spacial score (nSPS) is 11.8. The van der Waals surface area contributed by atoms with E-state index in [9.17, 15) is 9.59 Å². The third-order valence-corrected chi connectivity index (χ3v) is 4.36. The molecule has 1 unspecified atom stereocenters. The smallest absolute Gasteiger partial charge is 0.319 e. The number of rotatable bonds is 5. The van der Waals surface area contributed by atoms with Crippen LogP contribution in [0.3, 0.4) is 0 Å². The van der Waals surface area contributed by atoms with E-state index in [1.807, 2.05) is 26.8 Å². The van der Waals surface area contributed by atoms with Crippen LogP contribution < -0.4 is 16.0 Å². The quantitative estimate of drug-likeness (QED) is 0.667. The first-order chi connectivity index (χ1) is 12.3. The molecule has 3 N–H and O–H groups in total. The van der Waals surface area contributed by atoms with Gasteiger partial charge >= 0.3 is 6.03 Å². The van der Waals surface area contributed by atoms with Crippen LogP contribution in [0.2, 0.25) is 10.0 Å². The second-order valence-corrected chi connectivity index (χ2v) is 7.01. The first-order valence-corrected chi connectivity index (χ1v) is 8.95. The number of hydrogen-bond acceptors (Lipinski definition) is 2. The number of halogens is 2. The van der Waals surface area contributed by atoms with Crippen molar-refractivity contribution in [1.82, 2.24) is 10.6 Å². The number of amides is 3. The summed E-state index contributed by atoms with van der Waals surface area (Å²) in [6.45, 7) is 5.62. The van der Waals surface area contributed by atoms with Gasteiger partial charge in [-0.05, 0) is 62.7 Å². The van der Waals surface area contributed by atoms with Crippen LogP contribution in [0.4, 0.5) is 10.5 Å². The van der Waals surface area contributed by atoms with Crippen molar-refractivity contribution in [3.05, 3.63) is 63.6 Å². The SMILES string of the molecule is CC(C)NC(=O)Nc1ccc(C(=O)NC(C)c2ccc(Cl)c(Cl)c2)cc1. The summed E-state index contributed by atoms with van der Waals surface area (Å²) in [4.78, 5) is 24.1. The van der Waals surface area contributed by atoms with Gasteiger partial charge in [-0.15, -0.1) is 0 Å². The molecule has 0 aromatic heterocycles. The van der Waals surface area contributed by atoms with Gasteiger partial charge in [0.25, 0.3) is 5.91 Å². The van der Waals surface area contributed by atoms with E-state index in [-0.39, 0.29) is 24.0 Å². The van der Waals surface area contributed by atoms with E-state index < -0.39 is 0 Å². The third-order valence-electron chi connectivity index (χ3n) is 3.62. The van der Waals surface area contributed by atoms with Gasteiger partial charge in [-0.25, -0.2) is 4.79 Å². The van der Waals surface area contributed by atoms with Crippen LogP contribution >= 0.6 is 23.2 Å². The van der Waals surface area contributed by atoms with Crippen LogP contribution in [0.25, 0.3) is 0 Å². The fraction of sp³-hybridized carbons (Fsp3) is 0.263. The van der Waals surface area contributed by atoms with Crippen molar-refractivity contribution in [3.8, 4) is 0 Å². The number of carbonyl (C=O) groups is 2. The van der Waals surface area contributed by atoms with Crippen molar-refractivity contribution < 1.29 is 9.59 Å². The molecule has 0 heterocycles. The predicted octanol–water partition coefficient (Wildman–Crippen LogP) is 5.01. The molecular formula is C19H21Cl2N3O2. The molecular weight excluding hydrogens is 373 g/mol.